The molecule has 0 saturated heterocycles. The Balaban J connectivity index is 2.45. The smallest absolute Gasteiger partial charge is 0.155 e. The van der Waals surface area contributed by atoms with Crippen LogP contribution >= 0.6 is 0 Å². The van der Waals surface area contributed by atoms with Crippen LogP contribution in [0, 0.1) is 0 Å². The van der Waals surface area contributed by atoms with Crippen molar-refractivity contribution in [2.75, 3.05) is 0 Å². The molecular formula is C18H21NOSi. The van der Waals surface area contributed by atoms with E-state index in [1.54, 1.807) is 13.0 Å². The van der Waals surface area contributed by atoms with Crippen LogP contribution in [-0.2, 0) is 4.79 Å². The molecule has 0 bridgehead atoms. The van der Waals surface area contributed by atoms with Gasteiger partial charge in [0.25, 0.3) is 0 Å². The van der Waals surface area contributed by atoms with E-state index in [1.165, 1.54) is 10.4 Å². The highest BCUT2D eigenvalue weighted by atomic mass is 28.3. The van der Waals surface area contributed by atoms with Crippen molar-refractivity contribution in [3.8, 4) is 0 Å². The van der Waals surface area contributed by atoms with Crippen LogP contribution in [0.3, 0.4) is 0 Å². The van der Waals surface area contributed by atoms with Crippen molar-refractivity contribution in [3.63, 3.8) is 0 Å². The molecule has 2 nitrogen and oxygen atoms in total. The van der Waals surface area contributed by atoms with Crippen molar-refractivity contribution >= 4 is 24.2 Å². The van der Waals surface area contributed by atoms with E-state index in [1.807, 2.05) is 36.4 Å². The zero-order valence-electron chi connectivity index (χ0n) is 12.5. The monoisotopic (exact) mass is 295 g/mol. The Morgan fingerprint density at radius 1 is 1.00 bits per heavy atom. The average molecular weight is 295 g/mol. The maximum absolute atomic E-state index is 12.3. The number of carbonyl (C=O) groups is 1. The molecule has 0 heterocycles. The summed E-state index contributed by atoms with van der Waals surface area (Å²) in [7, 11) is -2.08. The summed E-state index contributed by atoms with van der Waals surface area (Å²) in [4.78, 5) is 12.3. The molecule has 2 rings (SSSR count). The maximum atomic E-state index is 12.3. The van der Waals surface area contributed by atoms with E-state index in [0.29, 0.717) is 11.7 Å². The topological polar surface area (TPSA) is 43.1 Å². The Hall–Kier alpha value is -2.13. The largest absolute Gasteiger partial charge is 0.402 e. The van der Waals surface area contributed by atoms with Crippen LogP contribution in [0.25, 0.3) is 0 Å². The molecule has 0 atom stereocenters. The van der Waals surface area contributed by atoms with E-state index >= 15 is 0 Å². The first-order valence-electron chi connectivity index (χ1n) is 7.10. The number of ketones is 1. The van der Waals surface area contributed by atoms with Gasteiger partial charge in [-0.25, -0.2) is 0 Å². The Morgan fingerprint density at radius 3 is 1.81 bits per heavy atom. The van der Waals surface area contributed by atoms with Crippen molar-refractivity contribution in [2.24, 2.45) is 5.73 Å². The van der Waals surface area contributed by atoms with Crippen molar-refractivity contribution in [2.45, 2.75) is 19.5 Å². The lowest BCUT2D eigenvalue weighted by molar-refractivity contribution is -0.112. The molecule has 0 spiro atoms. The van der Waals surface area contributed by atoms with E-state index in [0.717, 1.165) is 0 Å². The predicted octanol–water partition coefficient (Wildman–Crippen LogP) is 2.31. The summed E-state index contributed by atoms with van der Waals surface area (Å²) >= 11 is 0. The standard InChI is InChI=1S/C18H21NOSi/c1-15(19)13-16(20)14-21(2,17-9-5-3-6-10-17)18-11-7-4-8-12-18/h3-13H,14,19H2,1-2H3/b15-13-. The number of rotatable bonds is 5. The van der Waals surface area contributed by atoms with Crippen LogP contribution in [0.2, 0.25) is 12.6 Å². The van der Waals surface area contributed by atoms with E-state index in [4.69, 9.17) is 5.73 Å². The molecular weight excluding hydrogens is 274 g/mol. The summed E-state index contributed by atoms with van der Waals surface area (Å²) in [5.74, 6) is 0.108. The fourth-order valence-corrected chi connectivity index (χ4v) is 6.03. The van der Waals surface area contributed by atoms with Gasteiger partial charge < -0.3 is 5.73 Å². The Bertz CT molecular complexity index is 591. The molecule has 0 unspecified atom stereocenters. The van der Waals surface area contributed by atoms with Crippen molar-refractivity contribution in [1.82, 2.24) is 0 Å². The second-order valence-corrected chi connectivity index (χ2v) is 9.77. The van der Waals surface area contributed by atoms with Crippen LogP contribution in [0.1, 0.15) is 6.92 Å². The molecule has 0 aromatic heterocycles. The lowest BCUT2D eigenvalue weighted by Crippen LogP contribution is -2.56. The minimum Gasteiger partial charge on any atom is -0.402 e. The molecule has 0 radical (unpaired) electrons. The average Bonchev–Trinajstić information content (AvgIpc) is 2.48. The summed E-state index contributed by atoms with van der Waals surface area (Å²) in [5, 5.41) is 2.54. The number of carbonyl (C=O) groups excluding carboxylic acids is 1. The first-order valence-corrected chi connectivity index (χ1v) is 9.81. The first-order chi connectivity index (χ1) is 10.0. The molecule has 2 aromatic carbocycles. The maximum Gasteiger partial charge on any atom is 0.155 e. The van der Waals surface area contributed by atoms with Gasteiger partial charge in [0, 0.05) is 11.7 Å². The molecule has 21 heavy (non-hydrogen) atoms. The van der Waals surface area contributed by atoms with Crippen molar-refractivity contribution in [3.05, 3.63) is 72.4 Å². The van der Waals surface area contributed by atoms with Gasteiger partial charge in [-0.2, -0.15) is 0 Å². The molecule has 0 saturated carbocycles. The molecule has 0 aliphatic heterocycles. The van der Waals surface area contributed by atoms with Crippen molar-refractivity contribution in [1.29, 1.82) is 0 Å². The Labute approximate surface area is 127 Å². The lowest BCUT2D eigenvalue weighted by atomic mass is 10.3. The highest BCUT2D eigenvalue weighted by molar-refractivity contribution is 7.03. The van der Waals surface area contributed by atoms with Gasteiger partial charge >= 0.3 is 0 Å². The van der Waals surface area contributed by atoms with Crippen LogP contribution in [0.15, 0.2) is 72.4 Å². The van der Waals surface area contributed by atoms with Crippen molar-refractivity contribution < 1.29 is 4.79 Å². The van der Waals surface area contributed by atoms with Crippen LogP contribution in [-0.4, -0.2) is 13.9 Å². The van der Waals surface area contributed by atoms with Gasteiger partial charge in [0.1, 0.15) is 8.07 Å². The molecule has 0 aliphatic carbocycles. The van der Waals surface area contributed by atoms with E-state index in [9.17, 15) is 4.79 Å². The lowest BCUT2D eigenvalue weighted by Gasteiger charge is -2.27. The summed E-state index contributed by atoms with van der Waals surface area (Å²) < 4.78 is 0. The Kier molecular flexibility index (Phi) is 4.76. The molecule has 0 amide bonds. The third-order valence-corrected chi connectivity index (χ3v) is 8.01. The third kappa shape index (κ3) is 3.70. The predicted molar refractivity (Wildman–Crippen MR) is 91.5 cm³/mol. The first kappa shape index (κ1) is 15.3. The number of hydrogen-bond acceptors (Lipinski definition) is 2. The molecule has 108 valence electrons. The van der Waals surface area contributed by atoms with E-state index in [-0.39, 0.29) is 5.78 Å². The second kappa shape index (κ2) is 6.55. The third-order valence-electron chi connectivity index (χ3n) is 3.74. The molecule has 2 N–H and O–H groups in total. The summed E-state index contributed by atoms with van der Waals surface area (Å²) in [6.45, 7) is 4.00. The SMILES string of the molecule is C/C(N)=C/C(=O)C[Si](C)(c1ccccc1)c1ccccc1. The second-order valence-electron chi connectivity index (χ2n) is 5.60. The fraction of sp³-hybridized carbons (Fsp3) is 0.167. The highest BCUT2D eigenvalue weighted by Gasteiger charge is 2.33. The molecule has 0 fully saturated rings. The minimum atomic E-state index is -2.08. The normalized spacial score (nSPS) is 12.2. The molecule has 3 heteroatoms. The van der Waals surface area contributed by atoms with Gasteiger partial charge in [0.05, 0.1) is 0 Å². The number of nitrogens with two attached hydrogens (primary N) is 1. The zero-order valence-corrected chi connectivity index (χ0v) is 13.5. The van der Waals surface area contributed by atoms with E-state index < -0.39 is 8.07 Å². The van der Waals surface area contributed by atoms with Gasteiger partial charge in [0.2, 0.25) is 0 Å². The van der Waals surface area contributed by atoms with Gasteiger partial charge in [0.15, 0.2) is 5.78 Å². The van der Waals surface area contributed by atoms with Gasteiger partial charge in [-0.05, 0) is 13.0 Å². The van der Waals surface area contributed by atoms with Crippen LogP contribution < -0.4 is 16.1 Å². The summed E-state index contributed by atoms with van der Waals surface area (Å²) in [5.41, 5.74) is 6.21. The quantitative estimate of drug-likeness (QED) is 0.679. The van der Waals surface area contributed by atoms with Gasteiger partial charge in [-0.15, -0.1) is 0 Å². The van der Waals surface area contributed by atoms with Crippen LogP contribution in [0.5, 0.6) is 0 Å². The van der Waals surface area contributed by atoms with Crippen LogP contribution in [0.4, 0.5) is 0 Å². The zero-order chi connectivity index (χ0) is 15.3. The van der Waals surface area contributed by atoms with Gasteiger partial charge in [-0.3, -0.25) is 4.79 Å². The van der Waals surface area contributed by atoms with E-state index in [2.05, 4.69) is 30.8 Å². The summed E-state index contributed by atoms with van der Waals surface area (Å²) in [6, 6.07) is 21.2. The number of hydrogen-bond donors (Lipinski definition) is 1. The molecule has 0 aliphatic rings. The highest BCUT2D eigenvalue weighted by Crippen LogP contribution is 2.12. The number of benzene rings is 2. The summed E-state index contributed by atoms with van der Waals surface area (Å²) in [6.07, 6.45) is 1.55. The number of allylic oxidation sites excluding steroid dienone is 2. The minimum absolute atomic E-state index is 0.108. The molecule has 2 aromatic rings. The Morgan fingerprint density at radius 2 is 1.43 bits per heavy atom. The van der Waals surface area contributed by atoms with Gasteiger partial charge in [-0.1, -0.05) is 77.6 Å². The fourth-order valence-electron chi connectivity index (χ4n) is 2.64.